The van der Waals surface area contributed by atoms with Gasteiger partial charge in [-0.2, -0.15) is 0 Å². The highest BCUT2D eigenvalue weighted by molar-refractivity contribution is 7.98. The standard InChI is InChI=1S/C21H23NO4S/c1-14-5-4-6-15(2)21(14)22-19(24)13-26-20(25)12-11-18(23)16-7-9-17(27-3)10-8-16/h4-10H,11-13H2,1-3H3,(H,22,24). The van der Waals surface area contributed by atoms with Crippen LogP contribution in [-0.2, 0) is 14.3 Å². The van der Waals surface area contributed by atoms with E-state index in [-0.39, 0.29) is 25.2 Å². The summed E-state index contributed by atoms with van der Waals surface area (Å²) in [4.78, 5) is 37.0. The summed E-state index contributed by atoms with van der Waals surface area (Å²) in [5, 5.41) is 2.75. The highest BCUT2D eigenvalue weighted by Crippen LogP contribution is 2.19. The van der Waals surface area contributed by atoms with E-state index in [2.05, 4.69) is 5.32 Å². The van der Waals surface area contributed by atoms with E-state index in [9.17, 15) is 14.4 Å². The number of benzene rings is 2. The third kappa shape index (κ3) is 6.25. The van der Waals surface area contributed by atoms with Crippen molar-refractivity contribution >= 4 is 35.1 Å². The van der Waals surface area contributed by atoms with E-state index in [0.717, 1.165) is 21.7 Å². The molecule has 142 valence electrons. The van der Waals surface area contributed by atoms with Gasteiger partial charge in [0.25, 0.3) is 5.91 Å². The summed E-state index contributed by atoms with van der Waals surface area (Å²) < 4.78 is 4.97. The molecule has 0 bridgehead atoms. The first-order valence-corrected chi connectivity index (χ1v) is 9.82. The first-order valence-electron chi connectivity index (χ1n) is 8.59. The smallest absolute Gasteiger partial charge is 0.306 e. The van der Waals surface area contributed by atoms with Crippen LogP contribution in [0.2, 0.25) is 0 Å². The Balaban J connectivity index is 1.76. The number of rotatable bonds is 8. The molecule has 0 unspecified atom stereocenters. The van der Waals surface area contributed by atoms with Crippen LogP contribution < -0.4 is 5.32 Å². The molecule has 1 N–H and O–H groups in total. The second-order valence-electron chi connectivity index (χ2n) is 6.13. The van der Waals surface area contributed by atoms with Gasteiger partial charge in [-0.25, -0.2) is 0 Å². The number of carbonyl (C=O) groups excluding carboxylic acids is 3. The van der Waals surface area contributed by atoms with Gasteiger partial charge in [0.2, 0.25) is 0 Å². The number of hydrogen-bond acceptors (Lipinski definition) is 5. The summed E-state index contributed by atoms with van der Waals surface area (Å²) in [6.07, 6.45) is 1.96. The van der Waals surface area contributed by atoms with Crippen LogP contribution in [0, 0.1) is 13.8 Å². The molecule has 0 fully saturated rings. The van der Waals surface area contributed by atoms with Crippen molar-refractivity contribution in [2.75, 3.05) is 18.2 Å². The van der Waals surface area contributed by atoms with Crippen LogP contribution in [-0.4, -0.2) is 30.5 Å². The maximum Gasteiger partial charge on any atom is 0.306 e. The number of amides is 1. The third-order valence-corrected chi connectivity index (χ3v) is 4.82. The van der Waals surface area contributed by atoms with Gasteiger partial charge in [-0.15, -0.1) is 11.8 Å². The van der Waals surface area contributed by atoms with Gasteiger partial charge in [-0.1, -0.05) is 30.3 Å². The third-order valence-electron chi connectivity index (χ3n) is 4.08. The van der Waals surface area contributed by atoms with Gasteiger partial charge >= 0.3 is 5.97 Å². The zero-order chi connectivity index (χ0) is 19.8. The molecule has 2 rings (SSSR count). The zero-order valence-corrected chi connectivity index (χ0v) is 16.5. The van der Waals surface area contributed by atoms with Gasteiger partial charge in [0.05, 0.1) is 6.42 Å². The summed E-state index contributed by atoms with van der Waals surface area (Å²) in [6.45, 7) is 3.42. The lowest BCUT2D eigenvalue weighted by Crippen LogP contribution is -2.22. The molecule has 0 aliphatic rings. The molecule has 0 heterocycles. The SMILES string of the molecule is CSc1ccc(C(=O)CCC(=O)OCC(=O)Nc2c(C)cccc2C)cc1. The predicted molar refractivity (Wildman–Crippen MR) is 107 cm³/mol. The number of thioether (sulfide) groups is 1. The van der Waals surface area contributed by atoms with Gasteiger partial charge in [0.15, 0.2) is 12.4 Å². The Labute approximate surface area is 163 Å². The Kier molecular flexibility index (Phi) is 7.61. The summed E-state index contributed by atoms with van der Waals surface area (Å²) in [5.74, 6) is -1.10. The molecular formula is C21H23NO4S. The normalized spacial score (nSPS) is 10.3. The number of ether oxygens (including phenoxy) is 1. The van der Waals surface area contributed by atoms with E-state index in [4.69, 9.17) is 4.74 Å². The van der Waals surface area contributed by atoms with Gasteiger partial charge in [-0.3, -0.25) is 14.4 Å². The molecule has 0 saturated carbocycles. The van der Waals surface area contributed by atoms with Crippen LogP contribution in [0.15, 0.2) is 47.4 Å². The molecule has 0 aliphatic heterocycles. The van der Waals surface area contributed by atoms with Crippen molar-refractivity contribution in [1.29, 1.82) is 0 Å². The molecule has 0 atom stereocenters. The minimum atomic E-state index is -0.569. The number of aryl methyl sites for hydroxylation is 2. The molecule has 0 radical (unpaired) electrons. The van der Waals surface area contributed by atoms with Crippen LogP contribution >= 0.6 is 11.8 Å². The second kappa shape index (κ2) is 9.92. The summed E-state index contributed by atoms with van der Waals surface area (Å²) in [5.41, 5.74) is 3.16. The minimum Gasteiger partial charge on any atom is -0.456 e. The second-order valence-corrected chi connectivity index (χ2v) is 7.01. The number of carbonyl (C=O) groups is 3. The number of esters is 1. The van der Waals surface area contributed by atoms with Gasteiger partial charge in [-0.05, 0) is 43.4 Å². The maximum atomic E-state index is 12.1. The Hall–Kier alpha value is -2.60. The number of anilines is 1. The molecule has 0 aliphatic carbocycles. The van der Waals surface area contributed by atoms with Crippen LogP contribution in [0.1, 0.15) is 34.3 Å². The van der Waals surface area contributed by atoms with Gasteiger partial charge in [0, 0.05) is 22.6 Å². The number of Topliss-reactive ketones (excluding diaryl/α,β-unsaturated/α-hetero) is 1. The van der Waals surface area contributed by atoms with Crippen molar-refractivity contribution in [3.63, 3.8) is 0 Å². The van der Waals surface area contributed by atoms with Crippen molar-refractivity contribution in [2.24, 2.45) is 0 Å². The molecule has 0 spiro atoms. The monoisotopic (exact) mass is 385 g/mol. The molecule has 0 saturated heterocycles. The lowest BCUT2D eigenvalue weighted by atomic mass is 10.1. The van der Waals surface area contributed by atoms with Gasteiger partial charge in [0.1, 0.15) is 0 Å². The van der Waals surface area contributed by atoms with Crippen molar-refractivity contribution in [3.05, 3.63) is 59.2 Å². The number of ketones is 1. The first kappa shape index (κ1) is 20.7. The molecule has 2 aromatic carbocycles. The fraction of sp³-hybridized carbons (Fsp3) is 0.286. The van der Waals surface area contributed by atoms with E-state index >= 15 is 0 Å². The lowest BCUT2D eigenvalue weighted by Gasteiger charge is -2.11. The van der Waals surface area contributed by atoms with Crippen LogP contribution in [0.4, 0.5) is 5.69 Å². The Morgan fingerprint density at radius 2 is 1.59 bits per heavy atom. The lowest BCUT2D eigenvalue weighted by molar-refractivity contribution is -0.147. The fourth-order valence-electron chi connectivity index (χ4n) is 2.54. The van der Waals surface area contributed by atoms with Crippen LogP contribution in [0.5, 0.6) is 0 Å². The summed E-state index contributed by atoms with van der Waals surface area (Å²) in [7, 11) is 0. The van der Waals surface area contributed by atoms with Crippen molar-refractivity contribution < 1.29 is 19.1 Å². The fourth-order valence-corrected chi connectivity index (χ4v) is 2.95. The maximum absolute atomic E-state index is 12.1. The highest BCUT2D eigenvalue weighted by Gasteiger charge is 2.13. The van der Waals surface area contributed by atoms with E-state index in [1.807, 2.05) is 50.4 Å². The minimum absolute atomic E-state index is 0.0516. The largest absolute Gasteiger partial charge is 0.456 e. The average Bonchev–Trinajstić information content (AvgIpc) is 2.67. The Morgan fingerprint density at radius 1 is 0.963 bits per heavy atom. The molecule has 2 aromatic rings. The van der Waals surface area contributed by atoms with Crippen LogP contribution in [0.25, 0.3) is 0 Å². The van der Waals surface area contributed by atoms with E-state index in [1.165, 1.54) is 0 Å². The summed E-state index contributed by atoms with van der Waals surface area (Å²) >= 11 is 1.60. The van der Waals surface area contributed by atoms with Crippen molar-refractivity contribution in [1.82, 2.24) is 0 Å². The van der Waals surface area contributed by atoms with E-state index in [0.29, 0.717) is 5.56 Å². The first-order chi connectivity index (χ1) is 12.9. The number of para-hydroxylation sites is 1. The molecule has 1 amide bonds. The quantitative estimate of drug-likeness (QED) is 0.419. The average molecular weight is 385 g/mol. The Morgan fingerprint density at radius 3 is 2.19 bits per heavy atom. The topological polar surface area (TPSA) is 72.5 Å². The molecule has 5 nitrogen and oxygen atoms in total. The highest BCUT2D eigenvalue weighted by atomic mass is 32.2. The number of nitrogens with one attached hydrogen (secondary N) is 1. The van der Waals surface area contributed by atoms with Crippen molar-refractivity contribution in [2.45, 2.75) is 31.6 Å². The Bertz CT molecular complexity index is 810. The summed E-state index contributed by atoms with van der Waals surface area (Å²) in [6, 6.07) is 12.9. The van der Waals surface area contributed by atoms with Crippen LogP contribution in [0.3, 0.4) is 0 Å². The molecule has 0 aromatic heterocycles. The molecular weight excluding hydrogens is 362 g/mol. The van der Waals surface area contributed by atoms with E-state index in [1.54, 1.807) is 23.9 Å². The molecule has 27 heavy (non-hydrogen) atoms. The number of hydrogen-bond donors (Lipinski definition) is 1. The predicted octanol–water partition coefficient (Wildman–Crippen LogP) is 4.17. The van der Waals surface area contributed by atoms with Gasteiger partial charge < -0.3 is 10.1 Å². The van der Waals surface area contributed by atoms with E-state index < -0.39 is 11.9 Å². The zero-order valence-electron chi connectivity index (χ0n) is 15.7. The van der Waals surface area contributed by atoms with Crippen molar-refractivity contribution in [3.8, 4) is 0 Å². The molecule has 6 heteroatoms.